The van der Waals surface area contributed by atoms with Crippen LogP contribution in [0, 0.1) is 29.1 Å². The summed E-state index contributed by atoms with van der Waals surface area (Å²) < 4.78 is 81.0. The molecule has 0 aromatic heterocycles. The van der Waals surface area contributed by atoms with Crippen molar-refractivity contribution < 1.29 is 41.0 Å². The standard InChI is InChI=1S/C26H39F5O4/c1-2-3-4-5-6-7-8-9-10-11-12-13-14-16-33-18-19-34-17-15-20(32)35-26-24(30)22(28)21(27)23(29)25(26)31/h2-19H2,1H3. The molecule has 1 aromatic carbocycles. The van der Waals surface area contributed by atoms with Crippen molar-refractivity contribution in [3.63, 3.8) is 0 Å². The lowest BCUT2D eigenvalue weighted by Gasteiger charge is -2.09. The first-order valence-electron chi connectivity index (χ1n) is 12.8. The molecular weight excluding hydrogens is 471 g/mol. The third-order valence-corrected chi connectivity index (χ3v) is 5.60. The zero-order valence-corrected chi connectivity index (χ0v) is 20.8. The molecule has 0 aliphatic carbocycles. The van der Waals surface area contributed by atoms with Crippen molar-refractivity contribution >= 4 is 5.97 Å². The minimum absolute atomic E-state index is 0.143. The van der Waals surface area contributed by atoms with Crippen molar-refractivity contribution in [3.05, 3.63) is 29.1 Å². The highest BCUT2D eigenvalue weighted by atomic mass is 19.2. The van der Waals surface area contributed by atoms with E-state index in [-0.39, 0.29) is 13.2 Å². The summed E-state index contributed by atoms with van der Waals surface area (Å²) in [5.41, 5.74) is 0. The van der Waals surface area contributed by atoms with Crippen LogP contribution in [0.15, 0.2) is 0 Å². The molecule has 0 N–H and O–H groups in total. The van der Waals surface area contributed by atoms with Crippen molar-refractivity contribution in [2.45, 2.75) is 96.8 Å². The van der Waals surface area contributed by atoms with Crippen LogP contribution in [0.1, 0.15) is 96.8 Å². The van der Waals surface area contributed by atoms with E-state index in [4.69, 9.17) is 9.47 Å². The van der Waals surface area contributed by atoms with Crippen LogP contribution < -0.4 is 4.74 Å². The van der Waals surface area contributed by atoms with Gasteiger partial charge in [0.25, 0.3) is 0 Å². The highest BCUT2D eigenvalue weighted by Gasteiger charge is 2.28. The summed E-state index contributed by atoms with van der Waals surface area (Å²) in [5.74, 6) is -13.9. The van der Waals surface area contributed by atoms with Gasteiger partial charge in [0.2, 0.25) is 34.8 Å². The summed E-state index contributed by atoms with van der Waals surface area (Å²) in [6, 6.07) is 0. The number of carbonyl (C=O) groups is 1. The molecule has 0 unspecified atom stereocenters. The SMILES string of the molecule is CCCCCCCCCCCCCCCOCCOCCC(=O)Oc1c(F)c(F)c(F)c(F)c1F. The number of benzene rings is 1. The van der Waals surface area contributed by atoms with Gasteiger partial charge in [-0.05, 0) is 6.42 Å². The minimum atomic E-state index is -2.32. The highest BCUT2D eigenvalue weighted by Crippen LogP contribution is 2.29. The first-order valence-corrected chi connectivity index (χ1v) is 12.8. The van der Waals surface area contributed by atoms with E-state index in [1.807, 2.05) is 0 Å². The monoisotopic (exact) mass is 510 g/mol. The van der Waals surface area contributed by atoms with E-state index >= 15 is 0 Å². The summed E-state index contributed by atoms with van der Waals surface area (Å²) in [7, 11) is 0. The van der Waals surface area contributed by atoms with E-state index in [9.17, 15) is 26.7 Å². The fourth-order valence-corrected chi connectivity index (χ4v) is 3.54. The average Bonchev–Trinajstić information content (AvgIpc) is 2.85. The van der Waals surface area contributed by atoms with Crippen LogP contribution in [-0.2, 0) is 14.3 Å². The molecule has 1 aromatic rings. The number of esters is 1. The summed E-state index contributed by atoms with van der Waals surface area (Å²) in [6.07, 6.45) is 16.2. The van der Waals surface area contributed by atoms with Gasteiger partial charge in [-0.2, -0.15) is 8.78 Å². The van der Waals surface area contributed by atoms with Gasteiger partial charge in [0.05, 0.1) is 26.2 Å². The Morgan fingerprint density at radius 1 is 0.543 bits per heavy atom. The molecule has 0 radical (unpaired) electrons. The van der Waals surface area contributed by atoms with Crippen LogP contribution in [0.5, 0.6) is 5.75 Å². The zero-order valence-electron chi connectivity index (χ0n) is 20.8. The second-order valence-corrected chi connectivity index (χ2v) is 8.59. The number of halogens is 5. The maximum Gasteiger partial charge on any atom is 0.313 e. The van der Waals surface area contributed by atoms with Crippen molar-refractivity contribution in [3.8, 4) is 5.75 Å². The van der Waals surface area contributed by atoms with E-state index < -0.39 is 47.2 Å². The van der Waals surface area contributed by atoms with E-state index in [2.05, 4.69) is 11.7 Å². The summed E-state index contributed by atoms with van der Waals surface area (Å²) >= 11 is 0. The van der Waals surface area contributed by atoms with Crippen LogP contribution in [0.25, 0.3) is 0 Å². The molecular formula is C26H39F5O4. The number of hydrogen-bond acceptors (Lipinski definition) is 4. The van der Waals surface area contributed by atoms with Crippen LogP contribution >= 0.6 is 0 Å². The zero-order chi connectivity index (χ0) is 25.9. The molecule has 1 rings (SSSR count). The van der Waals surface area contributed by atoms with Gasteiger partial charge in [-0.1, -0.05) is 84.0 Å². The lowest BCUT2D eigenvalue weighted by molar-refractivity contribution is -0.136. The molecule has 0 fully saturated rings. The molecule has 35 heavy (non-hydrogen) atoms. The second kappa shape index (κ2) is 19.4. The Morgan fingerprint density at radius 3 is 1.43 bits per heavy atom. The first kappa shape index (κ1) is 31.3. The molecule has 9 heteroatoms. The molecule has 0 atom stereocenters. The largest absolute Gasteiger partial charge is 0.420 e. The minimum Gasteiger partial charge on any atom is -0.420 e. The second-order valence-electron chi connectivity index (χ2n) is 8.59. The maximum atomic E-state index is 13.5. The Bertz CT molecular complexity index is 701. The molecule has 0 amide bonds. The maximum absolute atomic E-state index is 13.5. The molecule has 0 spiro atoms. The number of carbonyl (C=O) groups excluding carboxylic acids is 1. The molecule has 0 aliphatic rings. The third-order valence-electron chi connectivity index (χ3n) is 5.60. The van der Waals surface area contributed by atoms with Gasteiger partial charge in [-0.3, -0.25) is 4.79 Å². The smallest absolute Gasteiger partial charge is 0.313 e. The Morgan fingerprint density at radius 2 is 0.943 bits per heavy atom. The predicted octanol–water partition coefficient (Wildman–Crippen LogP) is 7.80. The van der Waals surface area contributed by atoms with Gasteiger partial charge in [-0.25, -0.2) is 13.2 Å². The van der Waals surface area contributed by atoms with Gasteiger partial charge >= 0.3 is 5.97 Å². The summed E-state index contributed by atoms with van der Waals surface area (Å²) in [4.78, 5) is 11.6. The number of unbranched alkanes of at least 4 members (excludes halogenated alkanes) is 12. The Hall–Kier alpha value is -1.74. The van der Waals surface area contributed by atoms with Crippen molar-refractivity contribution in [1.29, 1.82) is 0 Å². The van der Waals surface area contributed by atoms with Crippen LogP contribution in [0.4, 0.5) is 22.0 Å². The average molecular weight is 511 g/mol. The number of hydrogen-bond donors (Lipinski definition) is 0. The van der Waals surface area contributed by atoms with Crippen molar-refractivity contribution in [2.75, 3.05) is 26.4 Å². The predicted molar refractivity (Wildman–Crippen MR) is 124 cm³/mol. The highest BCUT2D eigenvalue weighted by molar-refractivity contribution is 5.72. The molecule has 0 saturated heterocycles. The first-order chi connectivity index (χ1) is 16.9. The Balaban J connectivity index is 1.94. The van der Waals surface area contributed by atoms with E-state index in [0.717, 1.165) is 12.8 Å². The third kappa shape index (κ3) is 13.2. The van der Waals surface area contributed by atoms with E-state index in [1.165, 1.54) is 70.6 Å². The lowest BCUT2D eigenvalue weighted by atomic mass is 10.0. The lowest BCUT2D eigenvalue weighted by Crippen LogP contribution is -2.16. The fourth-order valence-electron chi connectivity index (χ4n) is 3.54. The van der Waals surface area contributed by atoms with Gasteiger partial charge in [0.15, 0.2) is 0 Å². The quantitative estimate of drug-likeness (QED) is 0.0423. The van der Waals surface area contributed by atoms with E-state index in [0.29, 0.717) is 13.2 Å². The van der Waals surface area contributed by atoms with Crippen molar-refractivity contribution in [2.24, 2.45) is 0 Å². The Kier molecular flexibility index (Phi) is 17.4. The molecule has 202 valence electrons. The van der Waals surface area contributed by atoms with Gasteiger partial charge in [0, 0.05) is 6.61 Å². The molecule has 0 bridgehead atoms. The van der Waals surface area contributed by atoms with Crippen LogP contribution in [0.2, 0.25) is 0 Å². The fraction of sp³-hybridized carbons (Fsp3) is 0.731. The van der Waals surface area contributed by atoms with Crippen LogP contribution in [-0.4, -0.2) is 32.4 Å². The number of ether oxygens (including phenoxy) is 3. The molecule has 0 aliphatic heterocycles. The molecule has 0 heterocycles. The van der Waals surface area contributed by atoms with E-state index in [1.54, 1.807) is 0 Å². The molecule has 0 saturated carbocycles. The van der Waals surface area contributed by atoms with Gasteiger partial charge in [0.1, 0.15) is 0 Å². The van der Waals surface area contributed by atoms with Crippen molar-refractivity contribution in [1.82, 2.24) is 0 Å². The summed E-state index contributed by atoms with van der Waals surface area (Å²) in [6.45, 7) is 3.23. The molecule has 4 nitrogen and oxygen atoms in total. The van der Waals surface area contributed by atoms with Crippen LogP contribution in [0.3, 0.4) is 0 Å². The summed E-state index contributed by atoms with van der Waals surface area (Å²) in [5, 5.41) is 0. The van der Waals surface area contributed by atoms with Gasteiger partial charge in [-0.15, -0.1) is 0 Å². The topological polar surface area (TPSA) is 44.8 Å². The number of rotatable bonds is 21. The Labute approximate surface area is 205 Å². The van der Waals surface area contributed by atoms with Gasteiger partial charge < -0.3 is 14.2 Å². The normalized spacial score (nSPS) is 11.3.